The standard InChI is InChI=1S/C12H18N4O/c1-9-3-2-4-10(11(9)15-12(13)14)16-5-7-17-8-6-16/h2-4H,5-8H2,1H3,(H4,13,14,15). The molecule has 0 radical (unpaired) electrons. The predicted octanol–water partition coefficient (Wildman–Crippen LogP) is 0.737. The van der Waals surface area contributed by atoms with E-state index in [4.69, 9.17) is 16.2 Å². The highest BCUT2D eigenvalue weighted by molar-refractivity contribution is 5.83. The van der Waals surface area contributed by atoms with Crippen molar-refractivity contribution < 1.29 is 4.74 Å². The number of anilines is 1. The maximum absolute atomic E-state index is 5.48. The monoisotopic (exact) mass is 234 g/mol. The highest BCUT2D eigenvalue weighted by atomic mass is 16.5. The van der Waals surface area contributed by atoms with Gasteiger partial charge in [-0.2, -0.15) is 0 Å². The van der Waals surface area contributed by atoms with Crippen molar-refractivity contribution in [1.82, 2.24) is 0 Å². The van der Waals surface area contributed by atoms with Crippen LogP contribution in [0.1, 0.15) is 5.56 Å². The van der Waals surface area contributed by atoms with Crippen LogP contribution < -0.4 is 16.4 Å². The molecule has 1 aromatic carbocycles. The molecule has 0 unspecified atom stereocenters. The number of guanidine groups is 1. The predicted molar refractivity (Wildman–Crippen MR) is 69.7 cm³/mol. The van der Waals surface area contributed by atoms with Gasteiger partial charge in [0.05, 0.1) is 24.6 Å². The van der Waals surface area contributed by atoms with Gasteiger partial charge in [-0.25, -0.2) is 4.99 Å². The number of aryl methyl sites for hydroxylation is 1. The molecular weight excluding hydrogens is 216 g/mol. The van der Waals surface area contributed by atoms with Crippen LogP contribution in [0.5, 0.6) is 0 Å². The number of morpholine rings is 1. The lowest BCUT2D eigenvalue weighted by Crippen LogP contribution is -2.36. The second kappa shape index (κ2) is 5.05. The van der Waals surface area contributed by atoms with Crippen LogP contribution in [-0.4, -0.2) is 32.3 Å². The molecule has 2 rings (SSSR count). The summed E-state index contributed by atoms with van der Waals surface area (Å²) in [5, 5.41) is 0. The summed E-state index contributed by atoms with van der Waals surface area (Å²) in [6, 6.07) is 6.07. The molecule has 1 fully saturated rings. The van der Waals surface area contributed by atoms with E-state index in [-0.39, 0.29) is 5.96 Å². The van der Waals surface area contributed by atoms with Crippen molar-refractivity contribution in [2.45, 2.75) is 6.92 Å². The highest BCUT2D eigenvalue weighted by Gasteiger charge is 2.15. The Bertz CT molecular complexity index is 421. The third kappa shape index (κ3) is 2.68. The minimum Gasteiger partial charge on any atom is -0.378 e. The molecule has 0 aromatic heterocycles. The summed E-state index contributed by atoms with van der Waals surface area (Å²) in [7, 11) is 0. The molecule has 0 aliphatic carbocycles. The quantitative estimate of drug-likeness (QED) is 0.584. The molecule has 1 aliphatic heterocycles. The number of para-hydroxylation sites is 1. The van der Waals surface area contributed by atoms with Crippen molar-refractivity contribution in [2.24, 2.45) is 16.5 Å². The zero-order valence-corrected chi connectivity index (χ0v) is 10.0. The van der Waals surface area contributed by atoms with E-state index in [9.17, 15) is 0 Å². The molecule has 5 nitrogen and oxygen atoms in total. The number of rotatable bonds is 2. The van der Waals surface area contributed by atoms with Gasteiger partial charge in [0, 0.05) is 13.1 Å². The topological polar surface area (TPSA) is 76.9 Å². The van der Waals surface area contributed by atoms with Crippen LogP contribution in [0, 0.1) is 6.92 Å². The molecule has 1 saturated heterocycles. The van der Waals surface area contributed by atoms with Crippen LogP contribution >= 0.6 is 0 Å². The maximum Gasteiger partial charge on any atom is 0.191 e. The van der Waals surface area contributed by atoms with Gasteiger partial charge in [0.1, 0.15) is 0 Å². The lowest BCUT2D eigenvalue weighted by atomic mass is 10.1. The number of aliphatic imine (C=N–C) groups is 1. The normalized spacial score (nSPS) is 15.7. The maximum atomic E-state index is 5.48. The zero-order valence-electron chi connectivity index (χ0n) is 10.0. The van der Waals surface area contributed by atoms with Gasteiger partial charge in [0.15, 0.2) is 5.96 Å². The van der Waals surface area contributed by atoms with E-state index >= 15 is 0 Å². The van der Waals surface area contributed by atoms with Crippen molar-refractivity contribution in [3.05, 3.63) is 23.8 Å². The second-order valence-corrected chi connectivity index (χ2v) is 4.08. The number of benzene rings is 1. The largest absolute Gasteiger partial charge is 0.378 e. The molecule has 92 valence electrons. The van der Waals surface area contributed by atoms with E-state index in [1.807, 2.05) is 25.1 Å². The summed E-state index contributed by atoms with van der Waals surface area (Å²) in [6.45, 7) is 5.24. The van der Waals surface area contributed by atoms with E-state index in [1.54, 1.807) is 0 Å². The summed E-state index contributed by atoms with van der Waals surface area (Å²) >= 11 is 0. The smallest absolute Gasteiger partial charge is 0.191 e. The third-order valence-corrected chi connectivity index (χ3v) is 2.81. The van der Waals surface area contributed by atoms with Gasteiger partial charge in [-0.15, -0.1) is 0 Å². The molecule has 1 aliphatic rings. The minimum atomic E-state index is 0.0915. The molecular formula is C12H18N4O. The number of ether oxygens (including phenoxy) is 1. The summed E-state index contributed by atoms with van der Waals surface area (Å²) in [5.41, 5.74) is 14.0. The average Bonchev–Trinajstić information content (AvgIpc) is 2.32. The van der Waals surface area contributed by atoms with Crippen LogP contribution in [0.15, 0.2) is 23.2 Å². The number of nitrogens with zero attached hydrogens (tertiary/aromatic N) is 2. The lowest BCUT2D eigenvalue weighted by Gasteiger charge is -2.30. The Morgan fingerprint density at radius 2 is 2.00 bits per heavy atom. The fraction of sp³-hybridized carbons (Fsp3) is 0.417. The van der Waals surface area contributed by atoms with Crippen molar-refractivity contribution in [3.63, 3.8) is 0 Å². The van der Waals surface area contributed by atoms with Crippen molar-refractivity contribution in [2.75, 3.05) is 31.2 Å². The fourth-order valence-corrected chi connectivity index (χ4v) is 1.98. The molecule has 0 saturated carbocycles. The molecule has 1 aromatic rings. The number of hydrogen-bond donors (Lipinski definition) is 2. The molecule has 4 N–H and O–H groups in total. The highest BCUT2D eigenvalue weighted by Crippen LogP contribution is 2.32. The molecule has 0 amide bonds. The first-order valence-electron chi connectivity index (χ1n) is 5.70. The van der Waals surface area contributed by atoms with E-state index in [2.05, 4.69) is 9.89 Å². The number of nitrogens with two attached hydrogens (primary N) is 2. The van der Waals surface area contributed by atoms with Crippen molar-refractivity contribution in [1.29, 1.82) is 0 Å². The Morgan fingerprint density at radius 1 is 1.29 bits per heavy atom. The van der Waals surface area contributed by atoms with Gasteiger partial charge < -0.3 is 21.1 Å². The SMILES string of the molecule is Cc1cccc(N2CCOCC2)c1N=C(N)N. The van der Waals surface area contributed by atoms with Crippen molar-refractivity contribution >= 4 is 17.3 Å². The Kier molecular flexibility index (Phi) is 3.49. The van der Waals surface area contributed by atoms with Crippen LogP contribution in [0.25, 0.3) is 0 Å². The third-order valence-electron chi connectivity index (χ3n) is 2.81. The fourth-order valence-electron chi connectivity index (χ4n) is 1.98. The van der Waals surface area contributed by atoms with E-state index in [0.29, 0.717) is 0 Å². The molecule has 0 spiro atoms. The second-order valence-electron chi connectivity index (χ2n) is 4.08. The molecule has 1 heterocycles. The number of hydrogen-bond acceptors (Lipinski definition) is 3. The average molecular weight is 234 g/mol. The summed E-state index contributed by atoms with van der Waals surface area (Å²) in [5.74, 6) is 0.0915. The molecule has 0 atom stereocenters. The van der Waals surface area contributed by atoms with Crippen molar-refractivity contribution in [3.8, 4) is 0 Å². The Hall–Kier alpha value is -1.75. The van der Waals surface area contributed by atoms with Gasteiger partial charge in [-0.3, -0.25) is 0 Å². The molecule has 17 heavy (non-hydrogen) atoms. The molecule has 0 bridgehead atoms. The lowest BCUT2D eigenvalue weighted by molar-refractivity contribution is 0.123. The zero-order chi connectivity index (χ0) is 12.3. The minimum absolute atomic E-state index is 0.0915. The Balaban J connectivity index is 2.38. The van der Waals surface area contributed by atoms with E-state index in [1.165, 1.54) is 0 Å². The van der Waals surface area contributed by atoms with Gasteiger partial charge in [0.25, 0.3) is 0 Å². The van der Waals surface area contributed by atoms with Crippen LogP contribution in [0.4, 0.5) is 11.4 Å². The van der Waals surface area contributed by atoms with Gasteiger partial charge in [-0.1, -0.05) is 12.1 Å². The Morgan fingerprint density at radius 3 is 2.65 bits per heavy atom. The van der Waals surface area contributed by atoms with Gasteiger partial charge >= 0.3 is 0 Å². The van der Waals surface area contributed by atoms with E-state index < -0.39 is 0 Å². The Labute approximate surface area is 101 Å². The first-order chi connectivity index (χ1) is 8.18. The van der Waals surface area contributed by atoms with E-state index in [0.717, 1.165) is 43.2 Å². The summed E-state index contributed by atoms with van der Waals surface area (Å²) in [4.78, 5) is 6.47. The molecule has 5 heteroatoms. The summed E-state index contributed by atoms with van der Waals surface area (Å²) in [6.07, 6.45) is 0. The van der Waals surface area contributed by atoms with Crippen LogP contribution in [0.3, 0.4) is 0 Å². The first kappa shape index (κ1) is 11.7. The first-order valence-corrected chi connectivity index (χ1v) is 5.70. The van der Waals surface area contributed by atoms with Gasteiger partial charge in [-0.05, 0) is 18.6 Å². The van der Waals surface area contributed by atoms with Gasteiger partial charge in [0.2, 0.25) is 0 Å². The van der Waals surface area contributed by atoms with Crippen LogP contribution in [0.2, 0.25) is 0 Å². The van der Waals surface area contributed by atoms with Crippen LogP contribution in [-0.2, 0) is 4.74 Å². The summed E-state index contributed by atoms with van der Waals surface area (Å²) < 4.78 is 5.35.